The predicted molar refractivity (Wildman–Crippen MR) is 96.4 cm³/mol. The number of ether oxygens (including phenoxy) is 3. The highest BCUT2D eigenvalue weighted by atomic mass is 79.9. The number of rotatable bonds is 5. The first kappa shape index (κ1) is 19.4. The minimum Gasteiger partial charge on any atom is -0.493 e. The van der Waals surface area contributed by atoms with E-state index in [4.69, 9.17) is 14.2 Å². The summed E-state index contributed by atoms with van der Waals surface area (Å²) in [4.78, 5) is 27.8. The second kappa shape index (κ2) is 8.94. The molecule has 0 atom stereocenters. The Hall–Kier alpha value is -1.96. The Morgan fingerprint density at radius 3 is 2.28 bits per heavy atom. The van der Waals surface area contributed by atoms with E-state index in [-0.39, 0.29) is 12.0 Å². The number of amides is 2. The third-order valence-electron chi connectivity index (χ3n) is 3.86. The second-order valence-electron chi connectivity index (χ2n) is 5.40. The molecule has 0 aliphatic carbocycles. The van der Waals surface area contributed by atoms with Crippen molar-refractivity contribution >= 4 is 27.9 Å². The van der Waals surface area contributed by atoms with Crippen molar-refractivity contribution in [2.45, 2.75) is 13.8 Å². The number of hydrogen-bond acceptors (Lipinski definition) is 5. The summed E-state index contributed by atoms with van der Waals surface area (Å²) in [7, 11) is 1.54. The van der Waals surface area contributed by atoms with Crippen molar-refractivity contribution in [2.75, 3.05) is 46.5 Å². The van der Waals surface area contributed by atoms with Crippen LogP contribution in [0.2, 0.25) is 0 Å². The maximum absolute atomic E-state index is 12.8. The molecule has 0 spiro atoms. The molecule has 1 aliphatic heterocycles. The van der Waals surface area contributed by atoms with Gasteiger partial charge in [-0.15, -0.1) is 0 Å². The van der Waals surface area contributed by atoms with Gasteiger partial charge in [0.2, 0.25) is 0 Å². The highest BCUT2D eigenvalue weighted by molar-refractivity contribution is 9.10. The summed E-state index contributed by atoms with van der Waals surface area (Å²) < 4.78 is 16.5. The summed E-state index contributed by atoms with van der Waals surface area (Å²) in [6, 6.07) is 3.41. The molecule has 1 fully saturated rings. The van der Waals surface area contributed by atoms with E-state index in [0.29, 0.717) is 60.9 Å². The van der Waals surface area contributed by atoms with Gasteiger partial charge in [0, 0.05) is 31.7 Å². The molecule has 2 amide bonds. The fourth-order valence-electron chi connectivity index (χ4n) is 2.62. The molecule has 8 heteroatoms. The van der Waals surface area contributed by atoms with Gasteiger partial charge in [-0.1, -0.05) is 0 Å². The minimum absolute atomic E-state index is 0.106. The molecule has 1 saturated heterocycles. The molecule has 2 rings (SSSR count). The quantitative estimate of drug-likeness (QED) is 0.740. The van der Waals surface area contributed by atoms with E-state index in [0.717, 1.165) is 0 Å². The van der Waals surface area contributed by atoms with Crippen molar-refractivity contribution in [1.82, 2.24) is 9.80 Å². The molecule has 0 saturated carbocycles. The van der Waals surface area contributed by atoms with Crippen LogP contribution < -0.4 is 9.47 Å². The number of nitrogens with zero attached hydrogens (tertiary/aromatic N) is 2. The monoisotopic (exact) mass is 414 g/mol. The summed E-state index contributed by atoms with van der Waals surface area (Å²) >= 11 is 3.43. The zero-order valence-electron chi connectivity index (χ0n) is 14.7. The van der Waals surface area contributed by atoms with Gasteiger partial charge in [-0.2, -0.15) is 0 Å². The minimum atomic E-state index is -0.333. The molecule has 1 aromatic carbocycles. The van der Waals surface area contributed by atoms with Gasteiger partial charge in [0.25, 0.3) is 5.91 Å². The molecule has 138 valence electrons. The average molecular weight is 415 g/mol. The van der Waals surface area contributed by atoms with Crippen molar-refractivity contribution in [2.24, 2.45) is 0 Å². The van der Waals surface area contributed by atoms with E-state index in [9.17, 15) is 9.59 Å². The van der Waals surface area contributed by atoms with Crippen molar-refractivity contribution in [3.05, 3.63) is 22.2 Å². The Morgan fingerprint density at radius 1 is 1.08 bits per heavy atom. The van der Waals surface area contributed by atoms with Gasteiger partial charge in [-0.05, 0) is 41.9 Å². The van der Waals surface area contributed by atoms with E-state index < -0.39 is 0 Å². The lowest BCUT2D eigenvalue weighted by atomic mass is 10.1. The number of carbonyl (C=O) groups excluding carboxylic acids is 2. The number of carbonyl (C=O) groups is 2. The van der Waals surface area contributed by atoms with E-state index >= 15 is 0 Å². The van der Waals surface area contributed by atoms with Crippen molar-refractivity contribution in [3.8, 4) is 11.5 Å². The largest absolute Gasteiger partial charge is 0.493 e. The van der Waals surface area contributed by atoms with Gasteiger partial charge in [0.15, 0.2) is 11.5 Å². The lowest BCUT2D eigenvalue weighted by Gasteiger charge is -2.34. The topological polar surface area (TPSA) is 68.3 Å². The first-order valence-corrected chi connectivity index (χ1v) is 9.02. The van der Waals surface area contributed by atoms with Gasteiger partial charge in [-0.25, -0.2) is 4.79 Å². The maximum Gasteiger partial charge on any atom is 0.409 e. The van der Waals surface area contributed by atoms with E-state index in [1.807, 2.05) is 6.92 Å². The maximum atomic E-state index is 12.8. The number of halogens is 1. The summed E-state index contributed by atoms with van der Waals surface area (Å²) in [5, 5.41) is 0. The highest BCUT2D eigenvalue weighted by Gasteiger charge is 2.26. The molecule has 1 aliphatic rings. The molecule has 7 nitrogen and oxygen atoms in total. The number of piperazine rings is 1. The molecule has 25 heavy (non-hydrogen) atoms. The van der Waals surface area contributed by atoms with Crippen molar-refractivity contribution < 1.29 is 23.8 Å². The average Bonchev–Trinajstić information content (AvgIpc) is 2.63. The first-order valence-electron chi connectivity index (χ1n) is 8.23. The summed E-state index contributed by atoms with van der Waals surface area (Å²) in [5.74, 6) is 0.976. The Kier molecular flexibility index (Phi) is 6.92. The molecule has 0 unspecified atom stereocenters. The van der Waals surface area contributed by atoms with Crippen LogP contribution in [0.1, 0.15) is 24.2 Å². The van der Waals surface area contributed by atoms with Gasteiger partial charge >= 0.3 is 6.09 Å². The fourth-order valence-corrected chi connectivity index (χ4v) is 3.17. The van der Waals surface area contributed by atoms with Crippen LogP contribution in [0, 0.1) is 0 Å². The van der Waals surface area contributed by atoms with Crippen molar-refractivity contribution in [3.63, 3.8) is 0 Å². The fraction of sp³-hybridized carbons (Fsp3) is 0.529. The van der Waals surface area contributed by atoms with Crippen LogP contribution in [0.4, 0.5) is 4.79 Å². The normalized spacial score (nSPS) is 14.2. The van der Waals surface area contributed by atoms with Gasteiger partial charge in [0.05, 0.1) is 24.8 Å². The van der Waals surface area contributed by atoms with Gasteiger partial charge in [-0.3, -0.25) is 4.79 Å². The van der Waals surface area contributed by atoms with Crippen LogP contribution in [-0.2, 0) is 4.74 Å². The molecule has 0 N–H and O–H groups in total. The lowest BCUT2D eigenvalue weighted by Crippen LogP contribution is -2.50. The van der Waals surface area contributed by atoms with Crippen LogP contribution in [0.3, 0.4) is 0 Å². The Bertz CT molecular complexity index is 630. The van der Waals surface area contributed by atoms with Crippen LogP contribution in [0.15, 0.2) is 16.6 Å². The summed E-state index contributed by atoms with van der Waals surface area (Å²) in [6.45, 7) is 6.34. The van der Waals surface area contributed by atoms with Crippen LogP contribution >= 0.6 is 15.9 Å². The lowest BCUT2D eigenvalue weighted by molar-refractivity contribution is 0.0570. The summed E-state index contributed by atoms with van der Waals surface area (Å²) in [6.07, 6.45) is -0.333. The second-order valence-corrected chi connectivity index (χ2v) is 6.25. The SMILES string of the molecule is CCOC(=O)N1CCN(C(=O)c2cc(Br)c(OCC)c(OC)c2)CC1. The van der Waals surface area contributed by atoms with Crippen LogP contribution in [-0.4, -0.2) is 68.3 Å². The zero-order valence-corrected chi connectivity index (χ0v) is 16.3. The smallest absolute Gasteiger partial charge is 0.409 e. The Balaban J connectivity index is 2.09. The van der Waals surface area contributed by atoms with Crippen molar-refractivity contribution in [1.29, 1.82) is 0 Å². The third-order valence-corrected chi connectivity index (χ3v) is 4.45. The molecule has 0 bridgehead atoms. The number of methoxy groups -OCH3 is 1. The Morgan fingerprint density at radius 2 is 1.72 bits per heavy atom. The third kappa shape index (κ3) is 4.56. The van der Waals surface area contributed by atoms with Crippen LogP contribution in [0.25, 0.3) is 0 Å². The molecule has 1 aromatic rings. The molecule has 1 heterocycles. The van der Waals surface area contributed by atoms with Gasteiger partial charge in [0.1, 0.15) is 0 Å². The summed E-state index contributed by atoms with van der Waals surface area (Å²) in [5.41, 5.74) is 0.511. The standard InChI is InChI=1S/C17H23BrN2O5/c1-4-24-15-13(18)10-12(11-14(15)23-3)16(21)19-6-8-20(9-7-19)17(22)25-5-2/h10-11H,4-9H2,1-3H3. The van der Waals surface area contributed by atoms with Crippen LogP contribution in [0.5, 0.6) is 11.5 Å². The zero-order chi connectivity index (χ0) is 18.4. The number of hydrogen-bond donors (Lipinski definition) is 0. The molecular formula is C17H23BrN2O5. The molecule has 0 radical (unpaired) electrons. The number of benzene rings is 1. The Labute approximate surface area is 155 Å². The van der Waals surface area contributed by atoms with E-state index in [1.165, 1.54) is 7.11 Å². The molecular weight excluding hydrogens is 392 g/mol. The highest BCUT2D eigenvalue weighted by Crippen LogP contribution is 2.37. The van der Waals surface area contributed by atoms with E-state index in [1.54, 1.807) is 28.9 Å². The molecule has 0 aromatic heterocycles. The predicted octanol–water partition coefficient (Wildman–Crippen LogP) is 2.77. The van der Waals surface area contributed by atoms with Gasteiger partial charge < -0.3 is 24.0 Å². The van der Waals surface area contributed by atoms with E-state index in [2.05, 4.69) is 15.9 Å². The first-order chi connectivity index (χ1) is 12.0.